The lowest BCUT2D eigenvalue weighted by Gasteiger charge is -2.18. The van der Waals surface area contributed by atoms with E-state index in [9.17, 15) is 17.6 Å². The third-order valence-electron chi connectivity index (χ3n) is 1.86. The van der Waals surface area contributed by atoms with Gasteiger partial charge < -0.3 is 5.32 Å². The van der Waals surface area contributed by atoms with Gasteiger partial charge >= 0.3 is 12.3 Å². The minimum absolute atomic E-state index is 0.458. The summed E-state index contributed by atoms with van der Waals surface area (Å²) in [6, 6.07) is -0.458. The molecule has 7 heteroatoms. The van der Waals surface area contributed by atoms with E-state index in [1.165, 1.54) is 11.3 Å². The number of halogens is 4. The van der Waals surface area contributed by atoms with Crippen LogP contribution in [0.5, 0.6) is 0 Å². The van der Waals surface area contributed by atoms with Gasteiger partial charge in [0.1, 0.15) is 0 Å². The highest BCUT2D eigenvalue weighted by Gasteiger charge is 2.40. The van der Waals surface area contributed by atoms with Crippen molar-refractivity contribution in [2.24, 2.45) is 0 Å². The van der Waals surface area contributed by atoms with E-state index in [2.05, 4.69) is 10.3 Å². The predicted octanol–water partition coefficient (Wildman–Crippen LogP) is 2.69. The average molecular weight is 242 g/mol. The minimum Gasteiger partial charge on any atom is -0.303 e. The monoisotopic (exact) mass is 242 g/mol. The summed E-state index contributed by atoms with van der Waals surface area (Å²) in [5.41, 5.74) is 2.13. The maximum absolute atomic E-state index is 12.5. The highest BCUT2D eigenvalue weighted by atomic mass is 32.1. The van der Waals surface area contributed by atoms with Crippen molar-refractivity contribution in [1.29, 1.82) is 0 Å². The maximum Gasteiger partial charge on any atom is 0.319 e. The summed E-state index contributed by atoms with van der Waals surface area (Å²) in [6.07, 6.45) is -3.65. The molecule has 0 aromatic carbocycles. The van der Waals surface area contributed by atoms with E-state index in [0.717, 1.165) is 0 Å². The number of nitrogens with zero attached hydrogens (tertiary/aromatic N) is 1. The molecule has 1 aromatic rings. The Morgan fingerprint density at radius 3 is 2.67 bits per heavy atom. The van der Waals surface area contributed by atoms with Gasteiger partial charge in [-0.25, -0.2) is 13.8 Å². The fraction of sp³-hybridized carbons (Fsp3) is 0.625. The first-order valence-corrected chi connectivity index (χ1v) is 5.15. The molecule has 0 fully saturated rings. The van der Waals surface area contributed by atoms with Crippen molar-refractivity contribution < 1.29 is 17.6 Å². The van der Waals surface area contributed by atoms with Crippen LogP contribution < -0.4 is 5.32 Å². The Morgan fingerprint density at radius 2 is 2.20 bits per heavy atom. The van der Waals surface area contributed by atoms with Gasteiger partial charge in [0.25, 0.3) is 0 Å². The summed E-state index contributed by atoms with van der Waals surface area (Å²) in [5, 5.41) is 4.00. The van der Waals surface area contributed by atoms with Crippen molar-refractivity contribution in [2.45, 2.75) is 25.3 Å². The summed E-state index contributed by atoms with van der Waals surface area (Å²) in [5.74, 6) is -4.00. The van der Waals surface area contributed by atoms with E-state index in [1.54, 1.807) is 17.8 Å². The number of hydrogen-bond donors (Lipinski definition) is 1. The second-order valence-corrected chi connectivity index (χ2v) is 3.80. The van der Waals surface area contributed by atoms with E-state index in [4.69, 9.17) is 0 Å². The van der Waals surface area contributed by atoms with Crippen molar-refractivity contribution in [3.8, 4) is 0 Å². The van der Waals surface area contributed by atoms with Gasteiger partial charge in [-0.2, -0.15) is 8.78 Å². The van der Waals surface area contributed by atoms with Crippen molar-refractivity contribution >= 4 is 11.3 Å². The normalized spacial score (nSPS) is 14.5. The van der Waals surface area contributed by atoms with Crippen LogP contribution >= 0.6 is 11.3 Å². The van der Waals surface area contributed by atoms with E-state index in [-0.39, 0.29) is 0 Å². The Hall–Kier alpha value is -0.690. The van der Waals surface area contributed by atoms with Gasteiger partial charge in [0, 0.05) is 11.4 Å². The van der Waals surface area contributed by atoms with Crippen molar-refractivity contribution in [2.75, 3.05) is 6.54 Å². The van der Waals surface area contributed by atoms with Crippen molar-refractivity contribution in [3.63, 3.8) is 0 Å². The molecule has 0 amide bonds. The molecule has 0 aliphatic carbocycles. The molecule has 1 rings (SSSR count). The van der Waals surface area contributed by atoms with E-state index in [0.29, 0.717) is 5.69 Å². The van der Waals surface area contributed by atoms with Crippen LogP contribution in [0.2, 0.25) is 0 Å². The molecule has 0 aliphatic rings. The van der Waals surface area contributed by atoms with Crippen LogP contribution in [0.15, 0.2) is 10.9 Å². The second-order valence-electron chi connectivity index (χ2n) is 3.08. The molecular weight excluding hydrogens is 232 g/mol. The first-order valence-electron chi connectivity index (χ1n) is 4.21. The van der Waals surface area contributed by atoms with Gasteiger partial charge in [-0.3, -0.25) is 0 Å². The third kappa shape index (κ3) is 3.42. The lowest BCUT2D eigenvalue weighted by molar-refractivity contribution is -0.126. The molecule has 15 heavy (non-hydrogen) atoms. The van der Waals surface area contributed by atoms with Gasteiger partial charge in [0.05, 0.1) is 17.7 Å². The summed E-state index contributed by atoms with van der Waals surface area (Å²) < 4.78 is 48.6. The maximum atomic E-state index is 12.5. The van der Waals surface area contributed by atoms with E-state index >= 15 is 0 Å². The van der Waals surface area contributed by atoms with Crippen molar-refractivity contribution in [3.05, 3.63) is 16.6 Å². The van der Waals surface area contributed by atoms with Crippen LogP contribution in [0.25, 0.3) is 0 Å². The fourth-order valence-corrected chi connectivity index (χ4v) is 1.55. The summed E-state index contributed by atoms with van der Waals surface area (Å²) in [6.45, 7) is 0.542. The molecule has 1 aromatic heterocycles. The zero-order valence-corrected chi connectivity index (χ0v) is 8.70. The zero-order valence-electron chi connectivity index (χ0n) is 7.88. The number of alkyl halides is 4. The Morgan fingerprint density at radius 1 is 1.53 bits per heavy atom. The van der Waals surface area contributed by atoms with E-state index in [1.807, 2.05) is 0 Å². The summed E-state index contributed by atoms with van der Waals surface area (Å²) in [7, 11) is 0. The number of aromatic nitrogens is 1. The van der Waals surface area contributed by atoms with Gasteiger partial charge in [-0.15, -0.1) is 11.3 Å². The van der Waals surface area contributed by atoms with Crippen LogP contribution in [0.1, 0.15) is 18.7 Å². The molecule has 1 unspecified atom stereocenters. The standard InChI is InChI=1S/C8H10F4N2S/c1-5(6-2-15-4-14-6)13-3-8(11,12)7(9)10/h2,4-5,7,13H,3H2,1H3. The first-order chi connectivity index (χ1) is 6.93. The molecule has 0 saturated heterocycles. The third-order valence-corrected chi connectivity index (χ3v) is 2.46. The molecule has 1 N–H and O–H groups in total. The molecule has 2 nitrogen and oxygen atoms in total. The van der Waals surface area contributed by atoms with Gasteiger partial charge in [-0.05, 0) is 6.92 Å². The fourth-order valence-electron chi connectivity index (χ4n) is 0.907. The molecular formula is C8H10F4N2S. The molecule has 0 radical (unpaired) electrons. The molecule has 1 heterocycles. The minimum atomic E-state index is -4.00. The Kier molecular flexibility index (Phi) is 4.04. The predicted molar refractivity (Wildman–Crippen MR) is 49.5 cm³/mol. The average Bonchev–Trinajstić information content (AvgIpc) is 2.66. The van der Waals surface area contributed by atoms with E-state index < -0.39 is 24.9 Å². The second kappa shape index (κ2) is 4.89. The summed E-state index contributed by atoms with van der Waals surface area (Å²) in [4.78, 5) is 3.89. The largest absolute Gasteiger partial charge is 0.319 e. The number of hydrogen-bond acceptors (Lipinski definition) is 3. The number of nitrogens with one attached hydrogen (secondary N) is 1. The summed E-state index contributed by atoms with van der Waals surface area (Å²) >= 11 is 1.32. The lowest BCUT2D eigenvalue weighted by atomic mass is 10.2. The molecule has 0 spiro atoms. The Labute approximate surface area is 88.3 Å². The smallest absolute Gasteiger partial charge is 0.303 e. The lowest BCUT2D eigenvalue weighted by Crippen LogP contribution is -2.39. The van der Waals surface area contributed by atoms with Crippen LogP contribution in [-0.2, 0) is 0 Å². The Bertz CT molecular complexity index is 289. The highest BCUT2D eigenvalue weighted by molar-refractivity contribution is 7.07. The topological polar surface area (TPSA) is 24.9 Å². The number of rotatable bonds is 5. The molecule has 86 valence electrons. The molecule has 0 saturated carbocycles. The SMILES string of the molecule is CC(NCC(F)(F)C(F)F)c1cscn1. The van der Waals surface area contributed by atoms with Crippen molar-refractivity contribution in [1.82, 2.24) is 10.3 Å². The zero-order chi connectivity index (χ0) is 11.5. The molecule has 0 aliphatic heterocycles. The highest BCUT2D eigenvalue weighted by Crippen LogP contribution is 2.23. The number of thiazole rings is 1. The van der Waals surface area contributed by atoms with Gasteiger partial charge in [0.15, 0.2) is 0 Å². The van der Waals surface area contributed by atoms with Crippen LogP contribution in [0, 0.1) is 0 Å². The molecule has 0 bridgehead atoms. The quantitative estimate of drug-likeness (QED) is 0.803. The van der Waals surface area contributed by atoms with Crippen LogP contribution in [0.4, 0.5) is 17.6 Å². The van der Waals surface area contributed by atoms with Gasteiger partial charge in [-0.1, -0.05) is 0 Å². The first kappa shape index (κ1) is 12.4. The van der Waals surface area contributed by atoms with Crippen LogP contribution in [0.3, 0.4) is 0 Å². The Balaban J connectivity index is 2.44. The van der Waals surface area contributed by atoms with Crippen LogP contribution in [-0.4, -0.2) is 23.9 Å². The van der Waals surface area contributed by atoms with Gasteiger partial charge in [0.2, 0.25) is 0 Å². The molecule has 1 atom stereocenters.